The molecule has 27 heavy (non-hydrogen) atoms. The van der Waals surface area contributed by atoms with E-state index in [9.17, 15) is 9.90 Å². The molecule has 0 spiro atoms. The summed E-state index contributed by atoms with van der Waals surface area (Å²) in [5, 5.41) is 14.2. The summed E-state index contributed by atoms with van der Waals surface area (Å²) in [7, 11) is 0. The lowest BCUT2D eigenvalue weighted by Crippen LogP contribution is -2.49. The Balaban J connectivity index is 1.51. The summed E-state index contributed by atoms with van der Waals surface area (Å²) in [5.74, 6) is 0.253. The summed E-state index contributed by atoms with van der Waals surface area (Å²) in [6, 6.07) is 18.8. The zero-order valence-electron chi connectivity index (χ0n) is 15.2. The summed E-state index contributed by atoms with van der Waals surface area (Å²) >= 11 is 0. The second kappa shape index (κ2) is 7.15. The van der Waals surface area contributed by atoms with Crippen LogP contribution in [0.25, 0.3) is 5.69 Å². The molecule has 0 aliphatic carbocycles. The molecule has 1 aliphatic heterocycles. The number of aromatic hydroxyl groups is 1. The minimum atomic E-state index is -0.00462. The molecule has 1 fully saturated rings. The van der Waals surface area contributed by atoms with E-state index in [-0.39, 0.29) is 11.7 Å². The lowest BCUT2D eigenvalue weighted by atomic mass is 10.2. The Labute approximate surface area is 158 Å². The highest BCUT2D eigenvalue weighted by atomic mass is 16.3. The number of aromatic nitrogens is 2. The van der Waals surface area contributed by atoms with E-state index in [1.165, 1.54) is 0 Å². The van der Waals surface area contributed by atoms with E-state index < -0.39 is 0 Å². The molecule has 0 atom stereocenters. The standard InChI is InChI=1S/C21H22N4O2/c1-16-14-20(25(22-16)17-6-3-2-4-7-17)21(27)24-12-10-23(11-13-24)18-8-5-9-19(26)15-18/h2-9,14-15,26H,10-13H2,1H3. The van der Waals surface area contributed by atoms with Crippen LogP contribution >= 0.6 is 0 Å². The van der Waals surface area contributed by atoms with E-state index in [0.717, 1.165) is 30.2 Å². The number of carbonyl (C=O) groups is 1. The Kier molecular flexibility index (Phi) is 4.54. The van der Waals surface area contributed by atoms with Crippen molar-refractivity contribution in [3.05, 3.63) is 72.1 Å². The van der Waals surface area contributed by atoms with Crippen molar-refractivity contribution in [3.63, 3.8) is 0 Å². The first-order chi connectivity index (χ1) is 13.1. The molecule has 0 radical (unpaired) electrons. The number of hydrogen-bond donors (Lipinski definition) is 1. The van der Waals surface area contributed by atoms with E-state index in [1.807, 2.05) is 60.4 Å². The predicted octanol–water partition coefficient (Wildman–Crippen LogP) is 2.85. The van der Waals surface area contributed by atoms with Gasteiger partial charge in [-0.1, -0.05) is 24.3 Å². The quantitative estimate of drug-likeness (QED) is 0.778. The van der Waals surface area contributed by atoms with Crippen molar-refractivity contribution in [1.82, 2.24) is 14.7 Å². The molecule has 6 nitrogen and oxygen atoms in total. The number of rotatable bonds is 3. The number of piperazine rings is 1. The van der Waals surface area contributed by atoms with Gasteiger partial charge in [0.15, 0.2) is 0 Å². The Morgan fingerprint density at radius 1 is 0.926 bits per heavy atom. The third kappa shape index (κ3) is 3.51. The minimum absolute atomic E-state index is 0.00462. The van der Waals surface area contributed by atoms with Crippen LogP contribution in [0, 0.1) is 6.92 Å². The molecule has 2 aromatic carbocycles. The Hall–Kier alpha value is -3.28. The van der Waals surface area contributed by atoms with Crippen molar-refractivity contribution < 1.29 is 9.90 Å². The van der Waals surface area contributed by atoms with Gasteiger partial charge in [-0.15, -0.1) is 0 Å². The number of nitrogens with zero attached hydrogens (tertiary/aromatic N) is 4. The highest BCUT2D eigenvalue weighted by molar-refractivity contribution is 5.93. The van der Waals surface area contributed by atoms with Crippen LogP contribution in [0.5, 0.6) is 5.75 Å². The fourth-order valence-corrected chi connectivity index (χ4v) is 3.44. The number of phenolic OH excluding ortho intramolecular Hbond substituents is 1. The SMILES string of the molecule is Cc1cc(C(=O)N2CCN(c3cccc(O)c3)CC2)n(-c2ccccc2)n1. The van der Waals surface area contributed by atoms with Gasteiger partial charge in [-0.05, 0) is 37.3 Å². The molecule has 1 saturated heterocycles. The second-order valence-corrected chi connectivity index (χ2v) is 6.72. The first-order valence-corrected chi connectivity index (χ1v) is 9.07. The highest BCUT2D eigenvalue weighted by Gasteiger charge is 2.25. The van der Waals surface area contributed by atoms with Crippen LogP contribution < -0.4 is 4.90 Å². The molecule has 0 bridgehead atoms. The molecule has 1 amide bonds. The number of carbonyl (C=O) groups excluding carboxylic acids is 1. The molecule has 3 aromatic rings. The van der Waals surface area contributed by atoms with E-state index in [1.54, 1.807) is 16.8 Å². The highest BCUT2D eigenvalue weighted by Crippen LogP contribution is 2.22. The predicted molar refractivity (Wildman–Crippen MR) is 105 cm³/mol. The second-order valence-electron chi connectivity index (χ2n) is 6.72. The van der Waals surface area contributed by atoms with Crippen molar-refractivity contribution in [2.24, 2.45) is 0 Å². The van der Waals surface area contributed by atoms with Gasteiger partial charge in [0.05, 0.1) is 11.4 Å². The molecule has 0 saturated carbocycles. The first-order valence-electron chi connectivity index (χ1n) is 9.07. The van der Waals surface area contributed by atoms with Gasteiger partial charge in [0.2, 0.25) is 0 Å². The van der Waals surface area contributed by atoms with Gasteiger partial charge >= 0.3 is 0 Å². The molecule has 1 aliphatic rings. The number of hydrogen-bond acceptors (Lipinski definition) is 4. The number of phenols is 1. The zero-order chi connectivity index (χ0) is 18.8. The van der Waals surface area contributed by atoms with E-state index in [0.29, 0.717) is 18.8 Å². The van der Waals surface area contributed by atoms with Gasteiger partial charge in [-0.25, -0.2) is 4.68 Å². The molecular formula is C21H22N4O2. The summed E-state index contributed by atoms with van der Waals surface area (Å²) in [6.45, 7) is 4.62. The third-order valence-corrected chi connectivity index (χ3v) is 4.81. The number of aryl methyl sites for hydroxylation is 1. The van der Waals surface area contributed by atoms with E-state index in [4.69, 9.17) is 0 Å². The van der Waals surface area contributed by atoms with E-state index in [2.05, 4.69) is 10.00 Å². The maximum absolute atomic E-state index is 13.1. The molecule has 1 N–H and O–H groups in total. The number of para-hydroxylation sites is 1. The van der Waals surface area contributed by atoms with E-state index >= 15 is 0 Å². The molecule has 2 heterocycles. The Morgan fingerprint density at radius 2 is 1.63 bits per heavy atom. The van der Waals surface area contributed by atoms with Gasteiger partial charge in [0.25, 0.3) is 5.91 Å². The molecule has 1 aromatic heterocycles. The monoisotopic (exact) mass is 362 g/mol. The van der Waals surface area contributed by atoms with Crippen molar-refractivity contribution >= 4 is 11.6 Å². The molecule has 0 unspecified atom stereocenters. The van der Waals surface area contributed by atoms with Crippen molar-refractivity contribution in [2.75, 3.05) is 31.1 Å². The van der Waals surface area contributed by atoms with Crippen LogP contribution in [0.15, 0.2) is 60.7 Å². The number of amides is 1. The van der Waals surface area contributed by atoms with Gasteiger partial charge in [-0.2, -0.15) is 5.10 Å². The maximum Gasteiger partial charge on any atom is 0.272 e. The fourth-order valence-electron chi connectivity index (χ4n) is 3.44. The van der Waals surface area contributed by atoms with Crippen LogP contribution in [0.3, 0.4) is 0 Å². The molecule has 138 valence electrons. The van der Waals surface area contributed by atoms with Crippen molar-refractivity contribution in [3.8, 4) is 11.4 Å². The lowest BCUT2D eigenvalue weighted by Gasteiger charge is -2.36. The summed E-state index contributed by atoms with van der Waals surface area (Å²) in [5.41, 5.74) is 3.27. The zero-order valence-corrected chi connectivity index (χ0v) is 15.2. The van der Waals surface area contributed by atoms with Gasteiger partial charge in [-0.3, -0.25) is 4.79 Å². The summed E-state index contributed by atoms with van der Waals surface area (Å²) < 4.78 is 1.72. The lowest BCUT2D eigenvalue weighted by molar-refractivity contribution is 0.0737. The number of anilines is 1. The maximum atomic E-state index is 13.1. The minimum Gasteiger partial charge on any atom is -0.508 e. The van der Waals surface area contributed by atoms with Crippen LogP contribution in [0.2, 0.25) is 0 Å². The molecule has 4 rings (SSSR count). The smallest absolute Gasteiger partial charge is 0.272 e. The van der Waals surface area contributed by atoms with Crippen molar-refractivity contribution in [1.29, 1.82) is 0 Å². The van der Waals surface area contributed by atoms with Gasteiger partial charge in [0.1, 0.15) is 11.4 Å². The Bertz CT molecular complexity index is 944. The molecule has 6 heteroatoms. The van der Waals surface area contributed by atoms with Crippen LogP contribution in [-0.2, 0) is 0 Å². The summed E-state index contributed by atoms with van der Waals surface area (Å²) in [4.78, 5) is 17.2. The van der Waals surface area contributed by atoms with Gasteiger partial charge < -0.3 is 14.9 Å². The first kappa shape index (κ1) is 17.1. The fraction of sp³-hybridized carbons (Fsp3) is 0.238. The topological polar surface area (TPSA) is 61.6 Å². The molecular weight excluding hydrogens is 340 g/mol. The average Bonchev–Trinajstić information content (AvgIpc) is 3.10. The van der Waals surface area contributed by atoms with Crippen LogP contribution in [0.1, 0.15) is 16.2 Å². The largest absolute Gasteiger partial charge is 0.508 e. The van der Waals surface area contributed by atoms with Gasteiger partial charge in [0, 0.05) is 37.9 Å². The number of benzene rings is 2. The normalized spacial score (nSPS) is 14.4. The summed E-state index contributed by atoms with van der Waals surface area (Å²) in [6.07, 6.45) is 0. The van der Waals surface area contributed by atoms with Crippen LogP contribution in [-0.4, -0.2) is 51.9 Å². The van der Waals surface area contributed by atoms with Crippen molar-refractivity contribution in [2.45, 2.75) is 6.92 Å². The average molecular weight is 362 g/mol. The Morgan fingerprint density at radius 3 is 2.33 bits per heavy atom. The third-order valence-electron chi connectivity index (χ3n) is 4.81. The van der Waals surface area contributed by atoms with Crippen LogP contribution in [0.4, 0.5) is 5.69 Å².